The molecule has 3 aromatic rings. The molecule has 6 nitrogen and oxygen atoms in total. The van der Waals surface area contributed by atoms with Crippen LogP contribution in [0.25, 0.3) is 22.0 Å². The molecule has 4 rings (SSSR count). The van der Waals surface area contributed by atoms with Crippen LogP contribution in [0.3, 0.4) is 0 Å². The predicted molar refractivity (Wildman–Crippen MR) is 124 cm³/mol. The zero-order valence-electron chi connectivity index (χ0n) is 18.4. The molecule has 3 aromatic heterocycles. The van der Waals surface area contributed by atoms with Gasteiger partial charge >= 0.3 is 0 Å². The molecule has 162 valence electrons. The Labute approximate surface area is 182 Å². The van der Waals surface area contributed by atoms with E-state index in [1.165, 1.54) is 0 Å². The third-order valence-electron chi connectivity index (χ3n) is 6.18. The second-order valence-corrected chi connectivity index (χ2v) is 8.85. The van der Waals surface area contributed by atoms with E-state index >= 15 is 0 Å². The highest BCUT2D eigenvalue weighted by atomic mass is 19.1. The average molecular weight is 422 g/mol. The number of fused-ring (bicyclic) bond motifs is 1. The van der Waals surface area contributed by atoms with Crippen LogP contribution in [0, 0.1) is 12.8 Å². The molecule has 1 saturated carbocycles. The molecular formula is C23H28BFN4O2. The van der Waals surface area contributed by atoms with Crippen LogP contribution in [0.4, 0.5) is 10.2 Å². The number of nitrogens with zero attached hydrogens (tertiary/aromatic N) is 3. The Bertz CT molecular complexity index is 1190. The molecule has 0 saturated heterocycles. The molecule has 8 heteroatoms. The number of halogens is 1. The fraction of sp³-hybridized carbons (Fsp3) is 0.435. The summed E-state index contributed by atoms with van der Waals surface area (Å²) in [4.78, 5) is 22.0. The summed E-state index contributed by atoms with van der Waals surface area (Å²) in [6, 6.07) is 5.52. The monoisotopic (exact) mass is 422 g/mol. The van der Waals surface area contributed by atoms with Crippen molar-refractivity contribution in [3.63, 3.8) is 0 Å². The lowest BCUT2D eigenvalue weighted by molar-refractivity contribution is 0.112. The summed E-state index contributed by atoms with van der Waals surface area (Å²) in [7, 11) is 3.50. The van der Waals surface area contributed by atoms with E-state index in [0.29, 0.717) is 36.5 Å². The van der Waals surface area contributed by atoms with Gasteiger partial charge in [-0.15, -0.1) is 0 Å². The first-order valence-electron chi connectivity index (χ1n) is 10.8. The van der Waals surface area contributed by atoms with Crippen molar-refractivity contribution in [3.8, 4) is 11.1 Å². The van der Waals surface area contributed by atoms with Crippen molar-refractivity contribution in [2.75, 3.05) is 11.9 Å². The quantitative estimate of drug-likeness (QED) is 0.573. The molecule has 3 atom stereocenters. The number of hydrogen-bond acceptors (Lipinski definition) is 5. The first-order chi connectivity index (χ1) is 14.7. The summed E-state index contributed by atoms with van der Waals surface area (Å²) in [5, 5.41) is 14.7. The Morgan fingerprint density at radius 2 is 2.03 bits per heavy atom. The molecule has 31 heavy (non-hydrogen) atoms. The van der Waals surface area contributed by atoms with E-state index in [0.717, 1.165) is 28.5 Å². The van der Waals surface area contributed by atoms with Crippen LogP contribution < -0.4 is 10.9 Å². The second-order valence-electron chi connectivity index (χ2n) is 8.85. The molecule has 3 heterocycles. The lowest BCUT2D eigenvalue weighted by atomic mass is 9.74. The number of hydrogen-bond donors (Lipinski definition) is 2. The van der Waals surface area contributed by atoms with Gasteiger partial charge in [-0.3, -0.25) is 9.78 Å². The highest BCUT2D eigenvalue weighted by Gasteiger charge is 2.36. The molecular weight excluding hydrogens is 394 g/mol. The summed E-state index contributed by atoms with van der Waals surface area (Å²) < 4.78 is 14.7. The first kappa shape index (κ1) is 21.5. The van der Waals surface area contributed by atoms with Gasteiger partial charge in [0.15, 0.2) is 7.85 Å². The van der Waals surface area contributed by atoms with Gasteiger partial charge in [0.05, 0.1) is 16.7 Å². The van der Waals surface area contributed by atoms with Crippen LogP contribution in [0.5, 0.6) is 0 Å². The number of aliphatic hydroxyl groups is 1. The molecule has 0 spiro atoms. The molecule has 0 aromatic carbocycles. The van der Waals surface area contributed by atoms with E-state index < -0.39 is 11.7 Å². The first-order valence-corrected chi connectivity index (χ1v) is 10.8. The van der Waals surface area contributed by atoms with Crippen molar-refractivity contribution in [2.45, 2.75) is 44.8 Å². The van der Waals surface area contributed by atoms with Crippen molar-refractivity contribution in [3.05, 3.63) is 52.2 Å². The maximum absolute atomic E-state index is 13.1. The van der Waals surface area contributed by atoms with Gasteiger partial charge in [-0.2, -0.15) is 0 Å². The number of pyridine rings is 3. The van der Waals surface area contributed by atoms with Gasteiger partial charge in [0, 0.05) is 54.5 Å². The predicted octanol–water partition coefficient (Wildman–Crippen LogP) is 2.65. The lowest BCUT2D eigenvalue weighted by Gasteiger charge is -2.23. The summed E-state index contributed by atoms with van der Waals surface area (Å²) in [6.45, 7) is 4.49. The number of nitrogens with one attached hydrogen (secondary N) is 1. The summed E-state index contributed by atoms with van der Waals surface area (Å²) in [5.41, 5.74) is 2.40. The van der Waals surface area contributed by atoms with Crippen LogP contribution in [0.1, 0.15) is 37.4 Å². The fourth-order valence-electron chi connectivity index (χ4n) is 4.06. The Morgan fingerprint density at radius 3 is 2.68 bits per heavy atom. The number of alkyl halides is 1. The van der Waals surface area contributed by atoms with Crippen molar-refractivity contribution < 1.29 is 9.50 Å². The van der Waals surface area contributed by atoms with Crippen LogP contribution in [0.15, 0.2) is 35.4 Å². The Kier molecular flexibility index (Phi) is 5.60. The third kappa shape index (κ3) is 4.21. The molecule has 1 fully saturated rings. The topological polar surface area (TPSA) is 80.0 Å². The largest absolute Gasteiger partial charge is 0.393 e. The van der Waals surface area contributed by atoms with Gasteiger partial charge < -0.3 is 15.0 Å². The number of rotatable bonds is 7. The van der Waals surface area contributed by atoms with Crippen molar-refractivity contribution in [1.82, 2.24) is 14.5 Å². The number of anilines is 1. The zero-order valence-corrected chi connectivity index (χ0v) is 18.4. The fourth-order valence-corrected chi connectivity index (χ4v) is 4.06. The number of aromatic nitrogens is 3. The van der Waals surface area contributed by atoms with Gasteiger partial charge in [0.25, 0.3) is 5.56 Å². The third-order valence-corrected chi connectivity index (χ3v) is 6.18. The average Bonchev–Trinajstić information content (AvgIpc) is 3.44. The van der Waals surface area contributed by atoms with E-state index in [2.05, 4.69) is 15.3 Å². The van der Waals surface area contributed by atoms with Crippen molar-refractivity contribution >= 4 is 24.6 Å². The van der Waals surface area contributed by atoms with E-state index in [4.69, 9.17) is 0 Å². The van der Waals surface area contributed by atoms with Crippen LogP contribution >= 0.6 is 0 Å². The standard InChI is InChI=1S/C23H28BFN4O2/c1-4-5-23(24,31)20-6-13(2)17(12-26-20)16-7-15-11-28-21(27-10-14-8-18(14)25)9-19(15)29(3)22(16)30/h6-7,9,11-12,14,18,31H,4-5,8,10,24H2,1-3H3,(H,27,28). The van der Waals surface area contributed by atoms with E-state index in [1.54, 1.807) is 31.9 Å². The lowest BCUT2D eigenvalue weighted by Crippen LogP contribution is -2.27. The van der Waals surface area contributed by atoms with Crippen molar-refractivity contribution in [2.24, 2.45) is 13.0 Å². The van der Waals surface area contributed by atoms with Crippen LogP contribution in [-0.4, -0.2) is 40.2 Å². The molecule has 1 aliphatic rings. The van der Waals surface area contributed by atoms with Crippen LogP contribution in [-0.2, 0) is 12.5 Å². The summed E-state index contributed by atoms with van der Waals surface area (Å²) >= 11 is 0. The summed E-state index contributed by atoms with van der Waals surface area (Å²) in [6.07, 6.45) is 4.74. The highest BCUT2D eigenvalue weighted by molar-refractivity contribution is 6.14. The number of aryl methyl sites for hydroxylation is 2. The minimum absolute atomic E-state index is 0.0558. The van der Waals surface area contributed by atoms with E-state index in [9.17, 15) is 14.3 Å². The van der Waals surface area contributed by atoms with Gasteiger partial charge in [-0.1, -0.05) is 13.3 Å². The van der Waals surface area contributed by atoms with E-state index in [1.807, 2.05) is 32.0 Å². The SMILES string of the molecule is BC(O)(CCC)c1cc(C)c(-c2cc3cnc(NCC4CC4F)cc3n(C)c2=O)cn1. The molecule has 3 unspecified atom stereocenters. The Balaban J connectivity index is 1.69. The maximum atomic E-state index is 13.1. The smallest absolute Gasteiger partial charge is 0.258 e. The zero-order chi connectivity index (χ0) is 22.3. The van der Waals surface area contributed by atoms with Crippen molar-refractivity contribution in [1.29, 1.82) is 0 Å². The van der Waals surface area contributed by atoms with Gasteiger partial charge in [-0.25, -0.2) is 9.37 Å². The molecule has 0 aliphatic heterocycles. The maximum Gasteiger partial charge on any atom is 0.258 e. The molecule has 0 bridgehead atoms. The van der Waals surface area contributed by atoms with Gasteiger partial charge in [0.2, 0.25) is 0 Å². The normalized spacial score (nSPS) is 19.9. The second kappa shape index (κ2) is 8.07. The highest BCUT2D eigenvalue weighted by Crippen LogP contribution is 2.34. The van der Waals surface area contributed by atoms with Gasteiger partial charge in [0.1, 0.15) is 12.0 Å². The molecule has 2 N–H and O–H groups in total. The Morgan fingerprint density at radius 1 is 1.29 bits per heavy atom. The molecule has 0 radical (unpaired) electrons. The molecule has 1 aliphatic carbocycles. The minimum Gasteiger partial charge on any atom is -0.393 e. The Hall–Kier alpha value is -2.74. The van der Waals surface area contributed by atoms with Crippen LogP contribution in [0.2, 0.25) is 0 Å². The summed E-state index contributed by atoms with van der Waals surface area (Å²) in [5.74, 6) is 0.690. The minimum atomic E-state index is -0.998. The molecule has 0 amide bonds. The van der Waals surface area contributed by atoms with Gasteiger partial charge in [-0.05, 0) is 37.5 Å². The van der Waals surface area contributed by atoms with E-state index in [-0.39, 0.29) is 11.5 Å².